The van der Waals surface area contributed by atoms with Gasteiger partial charge in [-0.15, -0.1) is 11.3 Å². The molecule has 8 heteroatoms. The zero-order valence-corrected chi connectivity index (χ0v) is 13.2. The van der Waals surface area contributed by atoms with Crippen molar-refractivity contribution in [2.75, 3.05) is 7.05 Å². The van der Waals surface area contributed by atoms with E-state index in [0.29, 0.717) is 14.6 Å². The molecule has 0 N–H and O–H groups in total. The highest BCUT2D eigenvalue weighted by molar-refractivity contribution is 9.11. The second kappa shape index (κ2) is 5.34. The number of furan rings is 1. The van der Waals surface area contributed by atoms with Crippen LogP contribution in [0.25, 0.3) is 0 Å². The van der Waals surface area contributed by atoms with E-state index in [9.17, 15) is 8.42 Å². The SMILES string of the molecule is CN(Cc1ccco1)S(=O)(=O)c1cc(Cl)c(Br)s1. The van der Waals surface area contributed by atoms with Crippen LogP contribution in [-0.4, -0.2) is 19.8 Å². The zero-order chi connectivity index (χ0) is 13.3. The van der Waals surface area contributed by atoms with Gasteiger partial charge < -0.3 is 4.42 Å². The average Bonchev–Trinajstić information content (AvgIpc) is 2.90. The molecular formula is C10H9BrClNO3S2. The van der Waals surface area contributed by atoms with Crippen LogP contribution in [0.1, 0.15) is 5.76 Å². The second-order valence-electron chi connectivity index (χ2n) is 3.53. The van der Waals surface area contributed by atoms with E-state index in [1.807, 2.05) is 0 Å². The van der Waals surface area contributed by atoms with Gasteiger partial charge in [-0.1, -0.05) is 11.6 Å². The molecule has 0 saturated heterocycles. The Morgan fingerprint density at radius 2 is 2.28 bits per heavy atom. The monoisotopic (exact) mass is 369 g/mol. The molecule has 0 radical (unpaired) electrons. The van der Waals surface area contributed by atoms with Gasteiger partial charge in [0.25, 0.3) is 10.0 Å². The minimum atomic E-state index is -3.54. The van der Waals surface area contributed by atoms with Crippen molar-refractivity contribution in [3.05, 3.63) is 39.0 Å². The van der Waals surface area contributed by atoms with Gasteiger partial charge in [-0.25, -0.2) is 8.42 Å². The Hall–Kier alpha value is -0.340. The number of halogens is 2. The van der Waals surface area contributed by atoms with E-state index < -0.39 is 10.0 Å². The lowest BCUT2D eigenvalue weighted by molar-refractivity contribution is 0.407. The molecule has 0 unspecified atom stereocenters. The highest BCUT2D eigenvalue weighted by atomic mass is 79.9. The summed E-state index contributed by atoms with van der Waals surface area (Å²) in [6.45, 7) is 0.183. The number of sulfonamides is 1. The van der Waals surface area contributed by atoms with Crippen molar-refractivity contribution in [3.8, 4) is 0 Å². The standard InChI is InChI=1S/C10H9BrClNO3S2/c1-13(6-7-3-2-4-16-7)18(14,15)9-5-8(12)10(11)17-9/h2-5H,6H2,1H3. The second-order valence-corrected chi connectivity index (χ2v) is 8.58. The van der Waals surface area contributed by atoms with E-state index in [1.54, 1.807) is 12.1 Å². The smallest absolute Gasteiger partial charge is 0.252 e. The maximum absolute atomic E-state index is 12.2. The van der Waals surface area contributed by atoms with Gasteiger partial charge in [0.05, 0.1) is 21.6 Å². The van der Waals surface area contributed by atoms with Crippen molar-refractivity contribution in [2.24, 2.45) is 0 Å². The first-order valence-corrected chi connectivity index (χ1v) is 8.27. The largest absolute Gasteiger partial charge is 0.468 e. The van der Waals surface area contributed by atoms with E-state index in [4.69, 9.17) is 16.0 Å². The molecule has 2 aromatic rings. The number of thiophene rings is 1. The van der Waals surface area contributed by atoms with E-state index in [-0.39, 0.29) is 10.8 Å². The third-order valence-corrected chi connectivity index (χ3v) is 6.97. The predicted octanol–water partition coefficient (Wildman–Crippen LogP) is 3.58. The first kappa shape index (κ1) is 14.1. The van der Waals surface area contributed by atoms with E-state index in [1.165, 1.54) is 23.7 Å². The lowest BCUT2D eigenvalue weighted by Crippen LogP contribution is -2.25. The molecule has 0 aliphatic heterocycles. The first-order valence-electron chi connectivity index (χ1n) is 4.85. The first-order chi connectivity index (χ1) is 8.41. The third kappa shape index (κ3) is 2.80. The third-order valence-electron chi connectivity index (χ3n) is 2.25. The molecule has 98 valence electrons. The molecule has 0 spiro atoms. The van der Waals surface area contributed by atoms with Crippen LogP contribution >= 0.6 is 38.9 Å². The fourth-order valence-electron chi connectivity index (χ4n) is 1.31. The summed E-state index contributed by atoms with van der Waals surface area (Å²) in [6.07, 6.45) is 1.51. The number of hydrogen-bond donors (Lipinski definition) is 0. The van der Waals surface area contributed by atoms with Crippen molar-refractivity contribution in [1.82, 2.24) is 4.31 Å². The molecule has 2 rings (SSSR count). The summed E-state index contributed by atoms with van der Waals surface area (Å²) < 4.78 is 31.6. The number of nitrogens with zero attached hydrogens (tertiary/aromatic N) is 1. The Labute approximate surface area is 122 Å². The molecule has 0 atom stereocenters. The summed E-state index contributed by atoms with van der Waals surface area (Å²) in [5, 5.41) is 0.393. The number of rotatable bonds is 4. The summed E-state index contributed by atoms with van der Waals surface area (Å²) in [6, 6.07) is 4.88. The molecule has 2 heterocycles. The van der Waals surface area contributed by atoms with E-state index >= 15 is 0 Å². The lowest BCUT2D eigenvalue weighted by Gasteiger charge is -2.14. The molecule has 0 saturated carbocycles. The topological polar surface area (TPSA) is 50.5 Å². The quantitative estimate of drug-likeness (QED) is 0.826. The minimum Gasteiger partial charge on any atom is -0.468 e. The summed E-state index contributed by atoms with van der Waals surface area (Å²) in [5.41, 5.74) is 0. The zero-order valence-electron chi connectivity index (χ0n) is 9.26. The molecule has 0 aromatic carbocycles. The Bertz CT molecular complexity index is 617. The van der Waals surface area contributed by atoms with Crippen LogP contribution in [0.2, 0.25) is 5.02 Å². The maximum Gasteiger partial charge on any atom is 0.252 e. The molecule has 0 amide bonds. The number of hydrogen-bond acceptors (Lipinski definition) is 4. The van der Waals surface area contributed by atoms with E-state index in [0.717, 1.165) is 11.3 Å². The summed E-state index contributed by atoms with van der Waals surface area (Å²) >= 11 is 10.1. The normalized spacial score (nSPS) is 12.2. The fraction of sp³-hybridized carbons (Fsp3) is 0.200. The van der Waals surface area contributed by atoms with Crippen LogP contribution in [0.3, 0.4) is 0 Å². The Morgan fingerprint density at radius 1 is 1.56 bits per heavy atom. The van der Waals surface area contributed by atoms with Crippen LogP contribution in [0.15, 0.2) is 36.9 Å². The van der Waals surface area contributed by atoms with Gasteiger partial charge in [0, 0.05) is 7.05 Å². The van der Waals surface area contributed by atoms with Crippen LogP contribution in [0, 0.1) is 0 Å². The average molecular weight is 371 g/mol. The van der Waals surface area contributed by atoms with Gasteiger partial charge in [0.15, 0.2) is 0 Å². The van der Waals surface area contributed by atoms with Crippen LogP contribution in [-0.2, 0) is 16.6 Å². The summed E-state index contributed by atoms with van der Waals surface area (Å²) in [5.74, 6) is 0.586. The molecule has 2 aromatic heterocycles. The highest BCUT2D eigenvalue weighted by Crippen LogP contribution is 2.35. The van der Waals surface area contributed by atoms with Crippen molar-refractivity contribution in [1.29, 1.82) is 0 Å². The molecule has 0 aliphatic rings. The minimum absolute atomic E-state index is 0.183. The molecule has 18 heavy (non-hydrogen) atoms. The molecule has 0 aliphatic carbocycles. The molecule has 0 fully saturated rings. The van der Waals surface area contributed by atoms with Crippen molar-refractivity contribution in [2.45, 2.75) is 10.8 Å². The molecule has 0 bridgehead atoms. The van der Waals surface area contributed by atoms with E-state index in [2.05, 4.69) is 15.9 Å². The van der Waals surface area contributed by atoms with Crippen LogP contribution in [0.4, 0.5) is 0 Å². The Kier molecular flexibility index (Phi) is 4.18. The molecule has 4 nitrogen and oxygen atoms in total. The predicted molar refractivity (Wildman–Crippen MR) is 74.4 cm³/mol. The van der Waals surface area contributed by atoms with Crippen molar-refractivity contribution >= 4 is 48.9 Å². The van der Waals surface area contributed by atoms with Crippen LogP contribution in [0.5, 0.6) is 0 Å². The van der Waals surface area contributed by atoms with Gasteiger partial charge in [0.1, 0.15) is 9.97 Å². The van der Waals surface area contributed by atoms with Gasteiger partial charge in [-0.05, 0) is 34.1 Å². The van der Waals surface area contributed by atoms with Crippen molar-refractivity contribution < 1.29 is 12.8 Å². The molecular weight excluding hydrogens is 362 g/mol. The highest BCUT2D eigenvalue weighted by Gasteiger charge is 2.24. The van der Waals surface area contributed by atoms with Gasteiger partial charge in [-0.3, -0.25) is 0 Å². The van der Waals surface area contributed by atoms with Crippen LogP contribution < -0.4 is 0 Å². The van der Waals surface area contributed by atoms with Gasteiger partial charge >= 0.3 is 0 Å². The maximum atomic E-state index is 12.2. The summed E-state index contributed by atoms with van der Waals surface area (Å²) in [4.78, 5) is 0. The fourth-order valence-corrected chi connectivity index (χ4v) is 5.06. The lowest BCUT2D eigenvalue weighted by atomic mass is 10.4. The Morgan fingerprint density at radius 3 is 2.78 bits per heavy atom. The van der Waals surface area contributed by atoms with Crippen molar-refractivity contribution in [3.63, 3.8) is 0 Å². The Balaban J connectivity index is 2.25. The summed E-state index contributed by atoms with van der Waals surface area (Å²) in [7, 11) is -2.04. The van der Waals surface area contributed by atoms with Gasteiger partial charge in [0.2, 0.25) is 0 Å². The van der Waals surface area contributed by atoms with Gasteiger partial charge in [-0.2, -0.15) is 4.31 Å².